The van der Waals surface area contributed by atoms with Crippen LogP contribution in [0.5, 0.6) is 0 Å². The second-order valence-corrected chi connectivity index (χ2v) is 5.02. The van der Waals surface area contributed by atoms with Gasteiger partial charge in [0.15, 0.2) is 0 Å². The van der Waals surface area contributed by atoms with Crippen molar-refractivity contribution < 1.29 is 14.3 Å². The average molecular weight is 333 g/mol. The SMILES string of the molecule is CCCC(=O)NCC.CCCNC(=O)CC.CCCOCCC. The Kier molecular flexibility index (Phi) is 30.1. The second kappa shape index (κ2) is 25.8. The highest BCUT2D eigenvalue weighted by Gasteiger charge is 1.92. The first-order valence-corrected chi connectivity index (χ1v) is 9.14. The van der Waals surface area contributed by atoms with Gasteiger partial charge in [-0.05, 0) is 32.6 Å². The lowest BCUT2D eigenvalue weighted by Gasteiger charge is -1.97. The van der Waals surface area contributed by atoms with Gasteiger partial charge >= 0.3 is 0 Å². The first kappa shape index (κ1) is 26.8. The summed E-state index contributed by atoms with van der Waals surface area (Å²) in [5.74, 6) is 0.307. The summed E-state index contributed by atoms with van der Waals surface area (Å²) in [7, 11) is 0. The highest BCUT2D eigenvalue weighted by atomic mass is 16.5. The van der Waals surface area contributed by atoms with Crippen LogP contribution in [0, 0.1) is 0 Å². The molecular weight excluding hydrogens is 292 g/mol. The van der Waals surface area contributed by atoms with Crippen molar-refractivity contribution >= 4 is 11.8 Å². The maximum Gasteiger partial charge on any atom is 0.219 e. The standard InChI is InChI=1S/2C6H13NO.C6H14O/c1-3-5-6(8)7-4-2;1-3-5-7-6(8)4-2;1-3-5-7-6-4-2/h2*3-5H2,1-2H3,(H,7,8);3-6H2,1-2H3. The molecule has 0 rings (SSSR count). The van der Waals surface area contributed by atoms with Crippen LogP contribution in [0.1, 0.15) is 80.1 Å². The molecular formula is C18H40N2O3. The van der Waals surface area contributed by atoms with E-state index in [4.69, 9.17) is 4.74 Å². The summed E-state index contributed by atoms with van der Waals surface area (Å²) in [6.45, 7) is 15.5. The molecule has 0 saturated carbocycles. The van der Waals surface area contributed by atoms with Crippen molar-refractivity contribution in [2.24, 2.45) is 0 Å². The lowest BCUT2D eigenvalue weighted by atomic mass is 10.3. The molecule has 0 saturated heterocycles. The molecule has 2 N–H and O–H groups in total. The van der Waals surface area contributed by atoms with Gasteiger partial charge in [0.1, 0.15) is 0 Å². The molecule has 0 aliphatic carbocycles. The first-order chi connectivity index (χ1) is 11.0. The molecule has 0 spiro atoms. The van der Waals surface area contributed by atoms with E-state index in [1.54, 1.807) is 0 Å². The zero-order valence-electron chi connectivity index (χ0n) is 16.3. The molecule has 0 atom stereocenters. The molecule has 23 heavy (non-hydrogen) atoms. The Morgan fingerprint density at radius 1 is 0.739 bits per heavy atom. The Morgan fingerprint density at radius 3 is 1.65 bits per heavy atom. The molecule has 0 heterocycles. The van der Waals surface area contributed by atoms with E-state index in [0.29, 0.717) is 12.8 Å². The zero-order valence-corrected chi connectivity index (χ0v) is 16.3. The van der Waals surface area contributed by atoms with E-state index >= 15 is 0 Å². The van der Waals surface area contributed by atoms with Gasteiger partial charge in [-0.1, -0.05) is 34.6 Å². The molecule has 0 fully saturated rings. The Bertz CT molecular complexity index is 234. The number of ether oxygens (including phenoxy) is 1. The van der Waals surface area contributed by atoms with Crippen molar-refractivity contribution in [3.63, 3.8) is 0 Å². The van der Waals surface area contributed by atoms with Crippen molar-refractivity contribution in [1.29, 1.82) is 0 Å². The lowest BCUT2D eigenvalue weighted by Crippen LogP contribution is -2.22. The minimum atomic E-state index is 0.145. The topological polar surface area (TPSA) is 67.4 Å². The van der Waals surface area contributed by atoms with E-state index in [1.165, 1.54) is 0 Å². The minimum absolute atomic E-state index is 0.145. The number of carbonyl (C=O) groups is 2. The van der Waals surface area contributed by atoms with Gasteiger partial charge < -0.3 is 15.4 Å². The molecule has 140 valence electrons. The maximum atomic E-state index is 10.5. The van der Waals surface area contributed by atoms with Gasteiger partial charge in [0.05, 0.1) is 0 Å². The van der Waals surface area contributed by atoms with Crippen LogP contribution in [0.15, 0.2) is 0 Å². The third kappa shape index (κ3) is 33.6. The van der Waals surface area contributed by atoms with Crippen LogP contribution in [0.25, 0.3) is 0 Å². The van der Waals surface area contributed by atoms with Gasteiger partial charge in [-0.3, -0.25) is 9.59 Å². The number of rotatable bonds is 10. The molecule has 2 amide bonds. The average Bonchev–Trinajstić information content (AvgIpc) is 2.55. The Labute approximate surface area is 143 Å². The smallest absolute Gasteiger partial charge is 0.219 e. The molecule has 0 aromatic rings. The van der Waals surface area contributed by atoms with Crippen LogP contribution < -0.4 is 10.6 Å². The van der Waals surface area contributed by atoms with Crippen LogP contribution in [0.2, 0.25) is 0 Å². The molecule has 5 heteroatoms. The van der Waals surface area contributed by atoms with Crippen molar-refractivity contribution in [2.75, 3.05) is 26.3 Å². The molecule has 0 aliphatic heterocycles. The molecule has 0 radical (unpaired) electrons. The van der Waals surface area contributed by atoms with Crippen LogP contribution in [0.4, 0.5) is 0 Å². The predicted molar refractivity (Wildman–Crippen MR) is 98.6 cm³/mol. The minimum Gasteiger partial charge on any atom is -0.381 e. The Hall–Kier alpha value is -1.10. The van der Waals surface area contributed by atoms with E-state index in [1.807, 2.05) is 27.7 Å². The van der Waals surface area contributed by atoms with Crippen molar-refractivity contribution in [1.82, 2.24) is 10.6 Å². The summed E-state index contributed by atoms with van der Waals surface area (Å²) in [6.07, 6.45) is 5.49. The highest BCUT2D eigenvalue weighted by Crippen LogP contribution is 1.83. The van der Waals surface area contributed by atoms with E-state index in [-0.39, 0.29) is 11.8 Å². The number of hydrogen-bond donors (Lipinski definition) is 2. The van der Waals surface area contributed by atoms with Gasteiger partial charge in [-0.25, -0.2) is 0 Å². The number of carbonyl (C=O) groups excluding carboxylic acids is 2. The highest BCUT2D eigenvalue weighted by molar-refractivity contribution is 5.75. The van der Waals surface area contributed by atoms with E-state index < -0.39 is 0 Å². The van der Waals surface area contributed by atoms with Crippen LogP contribution in [-0.2, 0) is 14.3 Å². The van der Waals surface area contributed by atoms with E-state index in [0.717, 1.165) is 52.0 Å². The molecule has 0 bridgehead atoms. The van der Waals surface area contributed by atoms with Crippen LogP contribution >= 0.6 is 0 Å². The summed E-state index contributed by atoms with van der Waals surface area (Å²) in [5.41, 5.74) is 0. The monoisotopic (exact) mass is 332 g/mol. The van der Waals surface area contributed by atoms with E-state index in [9.17, 15) is 9.59 Å². The number of amides is 2. The van der Waals surface area contributed by atoms with Gasteiger partial charge in [-0.2, -0.15) is 0 Å². The zero-order chi connectivity index (χ0) is 18.3. The molecule has 0 aromatic carbocycles. The molecule has 0 unspecified atom stereocenters. The molecule has 0 aromatic heterocycles. The van der Waals surface area contributed by atoms with Crippen molar-refractivity contribution in [3.05, 3.63) is 0 Å². The summed E-state index contributed by atoms with van der Waals surface area (Å²) >= 11 is 0. The van der Waals surface area contributed by atoms with E-state index in [2.05, 4.69) is 24.5 Å². The quantitative estimate of drug-likeness (QED) is 0.600. The third-order valence-corrected chi connectivity index (χ3v) is 2.44. The summed E-state index contributed by atoms with van der Waals surface area (Å²) in [6, 6.07) is 0. The largest absolute Gasteiger partial charge is 0.381 e. The van der Waals surface area contributed by atoms with Gasteiger partial charge in [0, 0.05) is 39.1 Å². The fraction of sp³-hybridized carbons (Fsp3) is 0.889. The van der Waals surface area contributed by atoms with Crippen molar-refractivity contribution in [2.45, 2.75) is 80.1 Å². The second-order valence-electron chi connectivity index (χ2n) is 5.02. The lowest BCUT2D eigenvalue weighted by molar-refractivity contribution is -0.121. The Balaban J connectivity index is -0.000000262. The molecule has 0 aliphatic rings. The predicted octanol–water partition coefficient (Wildman–Crippen LogP) is 3.67. The van der Waals surface area contributed by atoms with Crippen LogP contribution in [-0.4, -0.2) is 38.1 Å². The fourth-order valence-corrected chi connectivity index (χ4v) is 1.29. The summed E-state index contributed by atoms with van der Waals surface area (Å²) in [4.78, 5) is 21.0. The van der Waals surface area contributed by atoms with Crippen molar-refractivity contribution in [3.8, 4) is 0 Å². The maximum absolute atomic E-state index is 10.5. The summed E-state index contributed by atoms with van der Waals surface area (Å²) < 4.78 is 5.13. The first-order valence-electron chi connectivity index (χ1n) is 9.14. The van der Waals surface area contributed by atoms with Gasteiger partial charge in [-0.15, -0.1) is 0 Å². The van der Waals surface area contributed by atoms with Crippen LogP contribution in [0.3, 0.4) is 0 Å². The fourth-order valence-electron chi connectivity index (χ4n) is 1.29. The number of hydrogen-bond acceptors (Lipinski definition) is 3. The normalized spacial score (nSPS) is 8.96. The number of nitrogens with one attached hydrogen (secondary N) is 2. The third-order valence-electron chi connectivity index (χ3n) is 2.44. The summed E-state index contributed by atoms with van der Waals surface area (Å²) in [5, 5.41) is 5.45. The van der Waals surface area contributed by atoms with Gasteiger partial charge in [0.2, 0.25) is 11.8 Å². The molecule has 5 nitrogen and oxygen atoms in total. The Morgan fingerprint density at radius 2 is 1.30 bits per heavy atom. The van der Waals surface area contributed by atoms with Gasteiger partial charge in [0.25, 0.3) is 0 Å².